The van der Waals surface area contributed by atoms with Gasteiger partial charge in [0.1, 0.15) is 0 Å². The van der Waals surface area contributed by atoms with Gasteiger partial charge < -0.3 is 0 Å². The molecule has 0 aromatic carbocycles. The van der Waals surface area contributed by atoms with Gasteiger partial charge in [-0.2, -0.15) is 0 Å². The average molecular weight is 269 g/mol. The lowest BCUT2D eigenvalue weighted by Gasteiger charge is -2.30. The molecule has 0 rings (SSSR count). The molecule has 0 nitrogen and oxygen atoms in total. The van der Waals surface area contributed by atoms with Crippen LogP contribution in [0.15, 0.2) is 0 Å². The monoisotopic (exact) mass is 268 g/mol. The molecule has 0 bridgehead atoms. The van der Waals surface area contributed by atoms with Crippen molar-refractivity contribution in [2.24, 2.45) is 0 Å². The van der Waals surface area contributed by atoms with Gasteiger partial charge in [0, 0.05) is 0 Å². The van der Waals surface area contributed by atoms with Crippen LogP contribution in [0.2, 0.25) is 11.1 Å². The second-order valence-electron chi connectivity index (χ2n) is 4.76. The molecule has 15 heavy (non-hydrogen) atoms. The number of unbranched alkanes of at least 4 members (excludes halogenated alkanes) is 2. The first-order valence-corrected chi connectivity index (χ1v) is 10.5. The third kappa shape index (κ3) is 5.60. The zero-order valence-corrected chi connectivity index (χ0v) is 13.2. The van der Waals surface area contributed by atoms with Gasteiger partial charge in [0.05, 0.1) is 0 Å². The molecular formula is C12H26Cl2Si. The summed E-state index contributed by atoms with van der Waals surface area (Å²) < 4.78 is 0. The van der Waals surface area contributed by atoms with Crippen LogP contribution in [0.25, 0.3) is 0 Å². The maximum Gasteiger partial charge on any atom is 0.256 e. The highest BCUT2D eigenvalue weighted by atomic mass is 35.7. The second-order valence-corrected chi connectivity index (χ2v) is 12.4. The Morgan fingerprint density at radius 2 is 1.20 bits per heavy atom. The Labute approximate surface area is 106 Å². The number of hydrogen-bond acceptors (Lipinski definition) is 0. The van der Waals surface area contributed by atoms with Crippen LogP contribution in [0, 0.1) is 0 Å². The van der Waals surface area contributed by atoms with Crippen LogP contribution in [-0.4, -0.2) is 6.69 Å². The molecule has 0 saturated carbocycles. The van der Waals surface area contributed by atoms with E-state index < -0.39 is 6.69 Å². The van der Waals surface area contributed by atoms with Crippen LogP contribution in [0.5, 0.6) is 0 Å². The summed E-state index contributed by atoms with van der Waals surface area (Å²) in [7, 11) is 0. The van der Waals surface area contributed by atoms with Crippen LogP contribution in [0.3, 0.4) is 0 Å². The minimum Gasteiger partial charge on any atom is -0.145 e. The molecule has 0 aliphatic heterocycles. The Kier molecular flexibility index (Phi) is 8.40. The van der Waals surface area contributed by atoms with E-state index in [1.165, 1.54) is 38.5 Å². The number of halogens is 2. The van der Waals surface area contributed by atoms with Gasteiger partial charge in [-0.05, 0) is 11.1 Å². The maximum atomic E-state index is 6.61. The zero-order chi connectivity index (χ0) is 11.9. The van der Waals surface area contributed by atoms with Crippen LogP contribution < -0.4 is 0 Å². The molecule has 3 heteroatoms. The molecule has 92 valence electrons. The molecule has 0 saturated heterocycles. The highest BCUT2D eigenvalue weighted by Crippen LogP contribution is 2.44. The molecule has 0 amide bonds. The molecule has 0 spiro atoms. The van der Waals surface area contributed by atoms with Crippen molar-refractivity contribution in [2.75, 3.05) is 0 Å². The second kappa shape index (κ2) is 7.97. The minimum atomic E-state index is -2.04. The Hall–Kier alpha value is 0.797. The summed E-state index contributed by atoms with van der Waals surface area (Å²) in [6.45, 7) is 6.88. The molecule has 0 radical (unpaired) electrons. The maximum absolute atomic E-state index is 6.61. The van der Waals surface area contributed by atoms with Crippen molar-refractivity contribution in [3.63, 3.8) is 0 Å². The topological polar surface area (TPSA) is 0 Å². The lowest BCUT2D eigenvalue weighted by Crippen LogP contribution is -2.30. The lowest BCUT2D eigenvalue weighted by molar-refractivity contribution is 0.654. The fourth-order valence-corrected chi connectivity index (χ4v) is 5.35. The first-order valence-electron chi connectivity index (χ1n) is 6.34. The average Bonchev–Trinajstić information content (AvgIpc) is 2.21. The highest BCUT2D eigenvalue weighted by molar-refractivity contribution is 7.46. The van der Waals surface area contributed by atoms with Crippen molar-refractivity contribution in [3.8, 4) is 0 Å². The number of hydrogen-bond donors (Lipinski definition) is 0. The lowest BCUT2D eigenvalue weighted by atomic mass is 10.2. The van der Waals surface area contributed by atoms with E-state index in [4.69, 9.17) is 22.2 Å². The van der Waals surface area contributed by atoms with Crippen molar-refractivity contribution in [2.45, 2.75) is 77.3 Å². The van der Waals surface area contributed by atoms with E-state index in [0.717, 1.165) is 0 Å². The Balaban J connectivity index is 4.11. The molecule has 0 fully saturated rings. The molecular weight excluding hydrogens is 243 g/mol. The minimum absolute atomic E-state index is 0.535. The quantitative estimate of drug-likeness (QED) is 0.371. The van der Waals surface area contributed by atoms with Crippen molar-refractivity contribution in [3.05, 3.63) is 0 Å². The van der Waals surface area contributed by atoms with Crippen LogP contribution in [-0.2, 0) is 0 Å². The molecule has 0 heterocycles. The molecule has 0 aromatic heterocycles. The predicted octanol–water partition coefficient (Wildman–Crippen LogP) is 6.07. The van der Waals surface area contributed by atoms with Gasteiger partial charge >= 0.3 is 0 Å². The summed E-state index contributed by atoms with van der Waals surface area (Å²) in [5.74, 6) is 0. The molecule has 0 aliphatic carbocycles. The van der Waals surface area contributed by atoms with Gasteiger partial charge in [-0.3, -0.25) is 0 Å². The van der Waals surface area contributed by atoms with E-state index in [-0.39, 0.29) is 0 Å². The Morgan fingerprint density at radius 1 is 0.867 bits per heavy atom. The number of rotatable bonds is 8. The van der Waals surface area contributed by atoms with Crippen LogP contribution >= 0.6 is 22.2 Å². The fourth-order valence-electron chi connectivity index (χ4n) is 1.89. The summed E-state index contributed by atoms with van der Waals surface area (Å²) in [5, 5.41) is 0. The molecule has 2 unspecified atom stereocenters. The standard InChI is InChI=1S/C12H26Cl2Si/c1-5-7-9-11(3)15(13,14)12(4)10-8-6-2/h11-12H,5-10H2,1-4H3. The fraction of sp³-hybridized carbons (Fsp3) is 1.00. The van der Waals surface area contributed by atoms with E-state index in [1.54, 1.807) is 0 Å². The smallest absolute Gasteiger partial charge is 0.145 e. The first-order chi connectivity index (χ1) is 6.96. The van der Waals surface area contributed by atoms with Gasteiger partial charge in [0.15, 0.2) is 0 Å². The van der Waals surface area contributed by atoms with E-state index in [9.17, 15) is 0 Å². The van der Waals surface area contributed by atoms with E-state index in [0.29, 0.717) is 11.1 Å². The van der Waals surface area contributed by atoms with Crippen LogP contribution in [0.1, 0.15) is 66.2 Å². The summed E-state index contributed by atoms with van der Waals surface area (Å²) in [5.41, 5.74) is 1.07. The highest BCUT2D eigenvalue weighted by Gasteiger charge is 2.40. The van der Waals surface area contributed by atoms with E-state index in [2.05, 4.69) is 27.7 Å². The summed E-state index contributed by atoms with van der Waals surface area (Å²) >= 11 is 13.2. The van der Waals surface area contributed by atoms with Gasteiger partial charge in [-0.25, -0.2) is 0 Å². The molecule has 0 aliphatic rings. The van der Waals surface area contributed by atoms with E-state index in [1.807, 2.05) is 0 Å². The SMILES string of the molecule is CCCCC(C)[Si](Cl)(Cl)C(C)CCCC. The third-order valence-corrected chi connectivity index (χ3v) is 11.0. The van der Waals surface area contributed by atoms with Gasteiger partial charge in [0.25, 0.3) is 6.69 Å². The van der Waals surface area contributed by atoms with Crippen LogP contribution in [0.4, 0.5) is 0 Å². The van der Waals surface area contributed by atoms with Crippen molar-refractivity contribution >= 4 is 28.9 Å². The molecule has 2 atom stereocenters. The Bertz CT molecular complexity index is 144. The van der Waals surface area contributed by atoms with Gasteiger partial charge in [-0.1, -0.05) is 66.2 Å². The van der Waals surface area contributed by atoms with Gasteiger partial charge in [-0.15, -0.1) is 22.2 Å². The van der Waals surface area contributed by atoms with Crippen molar-refractivity contribution in [1.82, 2.24) is 0 Å². The van der Waals surface area contributed by atoms with Gasteiger partial charge in [0.2, 0.25) is 0 Å². The molecule has 0 aromatic rings. The molecule has 0 N–H and O–H groups in total. The van der Waals surface area contributed by atoms with E-state index >= 15 is 0 Å². The van der Waals surface area contributed by atoms with Crippen molar-refractivity contribution in [1.29, 1.82) is 0 Å². The third-order valence-electron chi connectivity index (χ3n) is 3.30. The summed E-state index contributed by atoms with van der Waals surface area (Å²) in [4.78, 5) is 0. The first kappa shape index (κ1) is 15.8. The summed E-state index contributed by atoms with van der Waals surface area (Å²) in [6.07, 6.45) is 7.40. The van der Waals surface area contributed by atoms with Crippen molar-refractivity contribution < 1.29 is 0 Å². The largest absolute Gasteiger partial charge is 0.256 e. The zero-order valence-electron chi connectivity index (χ0n) is 10.7. The summed E-state index contributed by atoms with van der Waals surface area (Å²) in [6, 6.07) is 0. The predicted molar refractivity (Wildman–Crippen MR) is 75.4 cm³/mol. The Morgan fingerprint density at radius 3 is 1.47 bits per heavy atom. The normalized spacial score (nSPS) is 16.4.